The predicted octanol–water partition coefficient (Wildman–Crippen LogP) is 7.78. The van der Waals surface area contributed by atoms with Gasteiger partial charge in [0, 0.05) is 11.1 Å². The van der Waals surface area contributed by atoms with E-state index in [1.54, 1.807) is 5.16 Å². The van der Waals surface area contributed by atoms with Gasteiger partial charge in [0.05, 0.1) is 10.7 Å². The van der Waals surface area contributed by atoms with Crippen LogP contribution < -0.4 is 0 Å². The lowest BCUT2D eigenvalue weighted by Crippen LogP contribution is -2.00. The quantitative estimate of drug-likeness (QED) is 0.0927. The zero-order valence-electron chi connectivity index (χ0n) is 17.3. The third-order valence-corrected chi connectivity index (χ3v) is 5.04. The van der Waals surface area contributed by atoms with Crippen LogP contribution in [-0.2, 0) is 6.42 Å². The maximum absolute atomic E-state index is 14.4. The molecule has 0 amide bonds. The van der Waals surface area contributed by atoms with Crippen molar-refractivity contribution in [1.82, 2.24) is 0 Å². The molecule has 162 valence electrons. The Hall–Kier alpha value is -3.26. The summed E-state index contributed by atoms with van der Waals surface area (Å²) in [5.74, 6) is -0.355. The lowest BCUT2D eigenvalue weighted by atomic mass is 10.0. The van der Waals surface area contributed by atoms with E-state index in [1.807, 2.05) is 12.1 Å². The van der Waals surface area contributed by atoms with Crippen LogP contribution in [0.3, 0.4) is 0 Å². The zero-order valence-corrected chi connectivity index (χ0v) is 18.1. The lowest BCUT2D eigenvalue weighted by Gasteiger charge is -2.09. The van der Waals surface area contributed by atoms with Gasteiger partial charge in [0.15, 0.2) is 29.0 Å². The van der Waals surface area contributed by atoms with Gasteiger partial charge >= 0.3 is 0 Å². The van der Waals surface area contributed by atoms with Crippen LogP contribution in [-0.4, -0.2) is 5.16 Å². The molecule has 3 aromatic rings. The molecule has 3 rings (SSSR count). The van der Waals surface area contributed by atoms with Crippen molar-refractivity contribution in [3.05, 3.63) is 88.5 Å². The summed E-state index contributed by atoms with van der Waals surface area (Å²) < 4.78 is 57.0. The molecule has 0 fully saturated rings. The van der Waals surface area contributed by atoms with Gasteiger partial charge in [-0.25, -0.2) is 17.6 Å². The summed E-state index contributed by atoms with van der Waals surface area (Å²) in [5, 5.41) is 1.71. The van der Waals surface area contributed by atoms with Crippen molar-refractivity contribution in [2.75, 3.05) is 0 Å². The summed E-state index contributed by atoms with van der Waals surface area (Å²) in [6.07, 6.45) is 4.58. The van der Waals surface area contributed by atoms with Gasteiger partial charge < -0.3 is 0 Å². The van der Waals surface area contributed by atoms with E-state index in [4.69, 9.17) is 0 Å². The van der Waals surface area contributed by atoms with E-state index in [0.717, 1.165) is 18.4 Å². The Bertz CT molecular complexity index is 1190. The number of aliphatic imine (C=N–C) groups is 1. The van der Waals surface area contributed by atoms with Gasteiger partial charge in [-0.1, -0.05) is 55.9 Å². The first-order valence-corrected chi connectivity index (χ1v) is 10.5. The van der Waals surface area contributed by atoms with E-state index >= 15 is 0 Å². The van der Waals surface area contributed by atoms with E-state index in [2.05, 4.69) is 48.1 Å². The van der Waals surface area contributed by atoms with Crippen LogP contribution in [0, 0.1) is 35.1 Å². The Kier molecular flexibility index (Phi) is 7.94. The van der Waals surface area contributed by atoms with Crippen LogP contribution in [0.25, 0.3) is 11.1 Å². The smallest absolute Gasteiger partial charge is 0.189 e. The second-order valence-corrected chi connectivity index (χ2v) is 7.35. The van der Waals surface area contributed by atoms with Crippen molar-refractivity contribution in [2.24, 2.45) is 4.99 Å². The fourth-order valence-corrected chi connectivity index (χ4v) is 3.31. The van der Waals surface area contributed by atoms with Crippen molar-refractivity contribution in [2.45, 2.75) is 32.6 Å². The van der Waals surface area contributed by atoms with Crippen LogP contribution in [0.4, 0.5) is 23.2 Å². The highest BCUT2D eigenvalue weighted by atomic mass is 32.1. The Morgan fingerprint density at radius 2 is 1.28 bits per heavy atom. The van der Waals surface area contributed by atoms with E-state index in [-0.39, 0.29) is 5.56 Å². The number of thiocarbonyl (C=S) groups is 1. The molecule has 0 aliphatic heterocycles. The number of benzene rings is 3. The standard InChI is InChI=1S/C26H19F4NS/c1-2-3-4-5-17-6-8-18(9-7-17)10-11-19-12-14-20(15-13-19)21-22(27)24(29)26(31-16-32)25(30)23(21)28/h6-9,12-15H,2-5H2,1H3. The molecule has 0 unspecified atom stereocenters. The molecule has 0 N–H and O–H groups in total. The number of hydrogen-bond acceptors (Lipinski definition) is 2. The second kappa shape index (κ2) is 10.9. The lowest BCUT2D eigenvalue weighted by molar-refractivity contribution is 0.462. The summed E-state index contributed by atoms with van der Waals surface area (Å²) in [5.41, 5.74) is 0.699. The minimum atomic E-state index is -1.63. The van der Waals surface area contributed by atoms with E-state index in [9.17, 15) is 17.6 Å². The van der Waals surface area contributed by atoms with Crippen molar-refractivity contribution in [3.63, 3.8) is 0 Å². The number of unbranched alkanes of at least 4 members (excludes halogenated alkanes) is 2. The average molecular weight is 454 g/mol. The molecule has 0 bridgehead atoms. The number of halogens is 4. The molecule has 32 heavy (non-hydrogen) atoms. The molecule has 0 saturated heterocycles. The van der Waals surface area contributed by atoms with Crippen LogP contribution >= 0.6 is 12.2 Å². The first-order valence-electron chi connectivity index (χ1n) is 10.1. The van der Waals surface area contributed by atoms with Crippen LogP contribution in [0.15, 0.2) is 53.5 Å². The zero-order chi connectivity index (χ0) is 23.1. The van der Waals surface area contributed by atoms with E-state index in [0.29, 0.717) is 5.56 Å². The molecule has 0 heterocycles. The normalized spacial score (nSPS) is 10.3. The number of nitrogens with zero attached hydrogens (tertiary/aromatic N) is 1. The Morgan fingerprint density at radius 3 is 1.78 bits per heavy atom. The molecule has 0 spiro atoms. The Morgan fingerprint density at radius 1 is 0.750 bits per heavy atom. The van der Waals surface area contributed by atoms with E-state index < -0.39 is 34.5 Å². The number of hydrogen-bond donors (Lipinski definition) is 0. The molecule has 0 aliphatic carbocycles. The first-order chi connectivity index (χ1) is 15.5. The van der Waals surface area contributed by atoms with Gasteiger partial charge in [0.25, 0.3) is 0 Å². The molecule has 0 saturated carbocycles. The maximum atomic E-state index is 14.4. The summed E-state index contributed by atoms with van der Waals surface area (Å²) in [6.45, 7) is 2.17. The van der Waals surface area contributed by atoms with Gasteiger partial charge in [0.1, 0.15) is 0 Å². The van der Waals surface area contributed by atoms with Crippen molar-refractivity contribution < 1.29 is 17.6 Å². The predicted molar refractivity (Wildman–Crippen MR) is 122 cm³/mol. The highest BCUT2D eigenvalue weighted by molar-refractivity contribution is 7.78. The monoisotopic (exact) mass is 453 g/mol. The molecular weight excluding hydrogens is 434 g/mol. The fourth-order valence-electron chi connectivity index (χ4n) is 3.22. The van der Waals surface area contributed by atoms with Crippen LogP contribution in [0.5, 0.6) is 0 Å². The largest absolute Gasteiger partial charge is 0.203 e. The third kappa shape index (κ3) is 5.31. The third-order valence-electron chi connectivity index (χ3n) is 4.95. The second-order valence-electron chi connectivity index (χ2n) is 7.16. The molecule has 1 nitrogen and oxygen atoms in total. The molecule has 0 aliphatic rings. The van der Waals surface area contributed by atoms with Crippen molar-refractivity contribution in [1.29, 1.82) is 0 Å². The Balaban J connectivity index is 1.82. The summed E-state index contributed by atoms with van der Waals surface area (Å²) >= 11 is 4.26. The minimum absolute atomic E-state index is 0.0299. The average Bonchev–Trinajstić information content (AvgIpc) is 2.81. The molecule has 0 aromatic heterocycles. The van der Waals surface area contributed by atoms with Crippen LogP contribution in [0.1, 0.15) is 42.9 Å². The molecule has 6 heteroatoms. The molecule has 3 aromatic carbocycles. The summed E-state index contributed by atoms with van der Waals surface area (Å²) in [6, 6.07) is 13.8. The molecular formula is C26H19F4NS. The van der Waals surface area contributed by atoms with Gasteiger partial charge in [-0.15, -0.1) is 0 Å². The maximum Gasteiger partial charge on any atom is 0.189 e. The highest BCUT2D eigenvalue weighted by Crippen LogP contribution is 2.35. The number of aryl methyl sites for hydroxylation is 1. The number of isothiocyanates is 1. The van der Waals surface area contributed by atoms with Gasteiger partial charge in [-0.05, 0) is 60.5 Å². The fraction of sp³-hybridized carbons (Fsp3) is 0.192. The van der Waals surface area contributed by atoms with Gasteiger partial charge in [-0.2, -0.15) is 4.99 Å². The van der Waals surface area contributed by atoms with Gasteiger partial charge in [0.2, 0.25) is 0 Å². The topological polar surface area (TPSA) is 12.4 Å². The summed E-state index contributed by atoms with van der Waals surface area (Å²) in [4.78, 5) is 3.07. The van der Waals surface area contributed by atoms with Crippen molar-refractivity contribution >= 4 is 23.1 Å². The molecule has 0 radical (unpaired) electrons. The highest BCUT2D eigenvalue weighted by Gasteiger charge is 2.26. The van der Waals surface area contributed by atoms with Crippen LogP contribution in [0.2, 0.25) is 0 Å². The first kappa shape index (κ1) is 23.4. The summed E-state index contributed by atoms with van der Waals surface area (Å²) in [7, 11) is 0. The van der Waals surface area contributed by atoms with Gasteiger partial charge in [-0.3, -0.25) is 0 Å². The Labute approximate surface area is 189 Å². The van der Waals surface area contributed by atoms with E-state index in [1.165, 1.54) is 42.7 Å². The minimum Gasteiger partial charge on any atom is -0.203 e. The number of rotatable bonds is 6. The SMILES string of the molecule is CCCCCc1ccc(C#Cc2ccc(-c3c(F)c(F)c(N=C=S)c(F)c3F)cc2)cc1. The molecule has 0 atom stereocenters. The van der Waals surface area contributed by atoms with Crippen molar-refractivity contribution in [3.8, 4) is 23.0 Å².